The number of amides is 1. The molecule has 0 radical (unpaired) electrons. The Morgan fingerprint density at radius 2 is 1.81 bits per heavy atom. The van der Waals surface area contributed by atoms with Gasteiger partial charge in [-0.3, -0.25) is 9.59 Å². The second-order valence-corrected chi connectivity index (χ2v) is 6.75. The first-order valence-corrected chi connectivity index (χ1v) is 8.53. The second-order valence-electron chi connectivity index (χ2n) is 4.61. The minimum Gasteiger partial charge on any atom is -0.465 e. The van der Waals surface area contributed by atoms with E-state index in [0.29, 0.717) is 0 Å². The quantitative estimate of drug-likeness (QED) is 0.689. The third-order valence-corrected chi connectivity index (χ3v) is 3.35. The molecule has 1 aromatic rings. The van der Waals surface area contributed by atoms with Gasteiger partial charge in [0, 0.05) is 12.8 Å². The highest BCUT2D eigenvalue weighted by molar-refractivity contribution is 7.91. The van der Waals surface area contributed by atoms with Gasteiger partial charge in [-0.15, -0.1) is 0 Å². The van der Waals surface area contributed by atoms with Crippen molar-refractivity contribution in [1.29, 1.82) is 0 Å². The van der Waals surface area contributed by atoms with E-state index in [1.807, 2.05) is 6.07 Å². The maximum atomic E-state index is 12.0. The molecule has 0 unspecified atom stereocenters. The van der Waals surface area contributed by atoms with E-state index < -0.39 is 27.5 Å². The van der Waals surface area contributed by atoms with Crippen molar-refractivity contribution in [1.82, 2.24) is 4.90 Å². The Labute approximate surface area is 124 Å². The molecule has 0 saturated carbocycles. The lowest BCUT2D eigenvalue weighted by Crippen LogP contribution is -2.39. The van der Waals surface area contributed by atoms with Gasteiger partial charge in [0.1, 0.15) is 12.3 Å². The summed E-state index contributed by atoms with van der Waals surface area (Å²) in [6.07, 6.45) is 0.982. The van der Waals surface area contributed by atoms with Crippen molar-refractivity contribution in [2.45, 2.75) is 13.5 Å². The zero-order valence-corrected chi connectivity index (χ0v) is 12.9. The molecule has 6 nitrogen and oxygen atoms in total. The van der Waals surface area contributed by atoms with Gasteiger partial charge in [-0.25, -0.2) is 8.42 Å². The van der Waals surface area contributed by atoms with E-state index in [1.54, 1.807) is 31.2 Å². The summed E-state index contributed by atoms with van der Waals surface area (Å²) in [5.41, 5.74) is 0.809. The van der Waals surface area contributed by atoms with Crippen LogP contribution in [0.15, 0.2) is 30.3 Å². The van der Waals surface area contributed by atoms with Crippen LogP contribution in [0.5, 0.6) is 0 Å². The Bertz CT molecular complexity index is 583. The van der Waals surface area contributed by atoms with Gasteiger partial charge in [-0.1, -0.05) is 30.3 Å². The Kier molecular flexibility index (Phi) is 6.36. The van der Waals surface area contributed by atoms with Crippen LogP contribution in [0.3, 0.4) is 0 Å². The van der Waals surface area contributed by atoms with Crippen molar-refractivity contribution in [2.24, 2.45) is 0 Å². The first-order valence-electron chi connectivity index (χ1n) is 6.47. The van der Waals surface area contributed by atoms with Crippen LogP contribution in [0, 0.1) is 0 Å². The number of esters is 1. The predicted molar refractivity (Wildman–Crippen MR) is 78.2 cm³/mol. The third kappa shape index (κ3) is 6.89. The highest BCUT2D eigenvalue weighted by atomic mass is 32.2. The van der Waals surface area contributed by atoms with Crippen LogP contribution in [0.1, 0.15) is 12.5 Å². The van der Waals surface area contributed by atoms with Gasteiger partial charge in [0.05, 0.1) is 6.61 Å². The normalized spacial score (nSPS) is 11.0. The van der Waals surface area contributed by atoms with Crippen molar-refractivity contribution in [3.8, 4) is 0 Å². The average Bonchev–Trinajstić information content (AvgIpc) is 2.37. The highest BCUT2D eigenvalue weighted by Gasteiger charge is 2.21. The molecule has 116 valence electrons. The van der Waals surface area contributed by atoms with Crippen molar-refractivity contribution in [3.63, 3.8) is 0 Å². The van der Waals surface area contributed by atoms with E-state index in [0.717, 1.165) is 11.8 Å². The van der Waals surface area contributed by atoms with Crippen LogP contribution in [0.25, 0.3) is 0 Å². The molecule has 0 spiro atoms. The molecule has 0 aliphatic heterocycles. The van der Waals surface area contributed by atoms with Crippen LogP contribution in [0.2, 0.25) is 0 Å². The van der Waals surface area contributed by atoms with E-state index in [-0.39, 0.29) is 19.7 Å². The Hall–Kier alpha value is -1.89. The molecule has 7 heteroatoms. The van der Waals surface area contributed by atoms with Crippen LogP contribution in [-0.2, 0) is 30.7 Å². The molecule has 0 aliphatic rings. The van der Waals surface area contributed by atoms with Crippen LogP contribution in [0.4, 0.5) is 0 Å². The molecule has 0 atom stereocenters. The SMILES string of the molecule is CCOC(=O)CN(Cc1ccccc1)C(=O)CS(C)(=O)=O. The summed E-state index contributed by atoms with van der Waals surface area (Å²) in [4.78, 5) is 24.8. The Morgan fingerprint density at radius 1 is 1.19 bits per heavy atom. The summed E-state index contributed by atoms with van der Waals surface area (Å²) in [5.74, 6) is -1.80. The summed E-state index contributed by atoms with van der Waals surface area (Å²) >= 11 is 0. The fraction of sp³-hybridized carbons (Fsp3) is 0.429. The lowest BCUT2D eigenvalue weighted by Gasteiger charge is -2.21. The van der Waals surface area contributed by atoms with Crippen molar-refractivity contribution in [3.05, 3.63) is 35.9 Å². The number of ether oxygens (including phenoxy) is 1. The van der Waals surface area contributed by atoms with Crippen LogP contribution in [-0.4, -0.2) is 50.4 Å². The largest absolute Gasteiger partial charge is 0.465 e. The monoisotopic (exact) mass is 313 g/mol. The Balaban J connectivity index is 2.83. The standard InChI is InChI=1S/C14H19NO5S/c1-3-20-14(17)10-15(13(16)11-21(2,18)19)9-12-7-5-4-6-8-12/h4-8H,3,9-11H2,1-2H3. The van der Waals surface area contributed by atoms with E-state index in [2.05, 4.69) is 0 Å². The average molecular weight is 313 g/mol. The summed E-state index contributed by atoms with van der Waals surface area (Å²) in [6.45, 7) is 1.77. The molecule has 1 rings (SSSR count). The van der Waals surface area contributed by atoms with Gasteiger partial charge in [-0.05, 0) is 12.5 Å². The lowest BCUT2D eigenvalue weighted by molar-refractivity contribution is -0.148. The summed E-state index contributed by atoms with van der Waals surface area (Å²) in [7, 11) is -3.45. The molecular weight excluding hydrogens is 294 g/mol. The molecule has 0 aliphatic carbocycles. The fourth-order valence-corrected chi connectivity index (χ4v) is 2.35. The molecule has 1 amide bonds. The molecule has 0 N–H and O–H groups in total. The molecule has 21 heavy (non-hydrogen) atoms. The number of rotatable bonds is 7. The van der Waals surface area contributed by atoms with E-state index in [4.69, 9.17) is 4.74 Å². The molecular formula is C14H19NO5S. The highest BCUT2D eigenvalue weighted by Crippen LogP contribution is 2.06. The number of sulfone groups is 1. The van der Waals surface area contributed by atoms with Crippen molar-refractivity contribution in [2.75, 3.05) is 25.2 Å². The van der Waals surface area contributed by atoms with E-state index in [9.17, 15) is 18.0 Å². The summed E-state index contributed by atoms with van der Waals surface area (Å²) < 4.78 is 27.3. The number of nitrogens with zero attached hydrogens (tertiary/aromatic N) is 1. The molecule has 1 aromatic carbocycles. The molecule has 0 bridgehead atoms. The first-order chi connectivity index (χ1) is 9.81. The second kappa shape index (κ2) is 7.78. The number of carbonyl (C=O) groups excluding carboxylic acids is 2. The topological polar surface area (TPSA) is 80.8 Å². The lowest BCUT2D eigenvalue weighted by atomic mass is 10.2. The number of hydrogen-bond acceptors (Lipinski definition) is 5. The van der Waals surface area contributed by atoms with Crippen LogP contribution < -0.4 is 0 Å². The van der Waals surface area contributed by atoms with E-state index in [1.165, 1.54) is 4.90 Å². The van der Waals surface area contributed by atoms with Gasteiger partial charge >= 0.3 is 5.97 Å². The van der Waals surface area contributed by atoms with E-state index >= 15 is 0 Å². The molecule has 0 aromatic heterocycles. The molecule has 0 fully saturated rings. The zero-order chi connectivity index (χ0) is 15.9. The smallest absolute Gasteiger partial charge is 0.325 e. The van der Waals surface area contributed by atoms with Gasteiger partial charge < -0.3 is 9.64 Å². The van der Waals surface area contributed by atoms with Crippen molar-refractivity contribution >= 4 is 21.7 Å². The minimum absolute atomic E-state index is 0.161. The maximum Gasteiger partial charge on any atom is 0.325 e. The van der Waals surface area contributed by atoms with Gasteiger partial charge in [0.25, 0.3) is 0 Å². The summed E-state index contributed by atoms with van der Waals surface area (Å²) in [5, 5.41) is 0. The minimum atomic E-state index is -3.45. The van der Waals surface area contributed by atoms with Gasteiger partial charge in [-0.2, -0.15) is 0 Å². The maximum absolute atomic E-state index is 12.0. The fourth-order valence-electron chi connectivity index (χ4n) is 1.71. The van der Waals surface area contributed by atoms with Crippen LogP contribution >= 0.6 is 0 Å². The Morgan fingerprint density at radius 3 is 2.33 bits per heavy atom. The third-order valence-electron chi connectivity index (χ3n) is 2.58. The molecule has 0 heterocycles. The predicted octanol–water partition coefficient (Wildman–Crippen LogP) is 0.623. The number of carbonyl (C=O) groups is 2. The van der Waals surface area contributed by atoms with Gasteiger partial charge in [0.2, 0.25) is 5.91 Å². The number of benzene rings is 1. The summed E-state index contributed by atoms with van der Waals surface area (Å²) in [6, 6.07) is 9.03. The number of hydrogen-bond donors (Lipinski definition) is 0. The van der Waals surface area contributed by atoms with Gasteiger partial charge in [0.15, 0.2) is 9.84 Å². The zero-order valence-electron chi connectivity index (χ0n) is 12.1. The first kappa shape index (κ1) is 17.2. The van der Waals surface area contributed by atoms with Crippen molar-refractivity contribution < 1.29 is 22.7 Å². The molecule has 0 saturated heterocycles.